The Bertz CT molecular complexity index is 1540. The molecule has 0 radical (unpaired) electrons. The van der Waals surface area contributed by atoms with Gasteiger partial charge >= 0.3 is 12.3 Å². The minimum absolute atomic E-state index is 0.0596. The second-order valence-corrected chi connectivity index (χ2v) is 9.17. The molecule has 4 aromatic rings. The predicted octanol–water partition coefficient (Wildman–Crippen LogP) is 0.509. The minimum Gasteiger partial charge on any atom is -0.493 e. The van der Waals surface area contributed by atoms with E-state index in [0.29, 0.717) is 17.9 Å². The van der Waals surface area contributed by atoms with Gasteiger partial charge in [0.05, 0.1) is 6.42 Å². The molecule has 0 saturated carbocycles. The van der Waals surface area contributed by atoms with Gasteiger partial charge < -0.3 is 49.6 Å². The van der Waals surface area contributed by atoms with E-state index < -0.39 is 52.4 Å². The summed E-state index contributed by atoms with van der Waals surface area (Å²) < 4.78 is 16.0. The van der Waals surface area contributed by atoms with Crippen LogP contribution in [0.4, 0.5) is 0 Å². The van der Waals surface area contributed by atoms with Crippen LogP contribution in [0.15, 0.2) is 51.7 Å². The maximum absolute atomic E-state index is 13.1. The molecule has 0 unspecified atom stereocenters. The van der Waals surface area contributed by atoms with Crippen LogP contribution in [-0.2, 0) is 12.8 Å². The molecule has 0 spiro atoms. The molecule has 0 aliphatic rings. The van der Waals surface area contributed by atoms with E-state index >= 15 is 0 Å². The Morgan fingerprint density at radius 3 is 2.12 bits per heavy atom. The summed E-state index contributed by atoms with van der Waals surface area (Å²) in [5, 5.41) is 76.6. The molecule has 0 fully saturated rings. The standard InChI is InChI=1S/C25H25ClN4O11/c1-2-3-7-17-27-21(31)19(22-29-28-18(39-22)12-13-8-10-14(26)11-9-13)23(32)30(17)20-15(40-24(33,34)35)5-4-6-16(20)41-25(36,37)38/h4-6,8-11,32-38H,2-3,7,12H2,1H3. The molecule has 41 heavy (non-hydrogen) atoms. The molecule has 2 aromatic carbocycles. The molecule has 0 saturated heterocycles. The number of hydrogen-bond donors (Lipinski definition) is 7. The number of unbranched alkanes of at least 4 members (excludes halogenated alkanes) is 1. The van der Waals surface area contributed by atoms with Crippen molar-refractivity contribution in [3.8, 4) is 34.5 Å². The number of aromatic hydroxyl groups is 1. The predicted molar refractivity (Wildman–Crippen MR) is 138 cm³/mol. The van der Waals surface area contributed by atoms with Crippen molar-refractivity contribution >= 4 is 11.6 Å². The lowest BCUT2D eigenvalue weighted by Crippen LogP contribution is -2.36. The van der Waals surface area contributed by atoms with E-state index in [2.05, 4.69) is 15.2 Å². The number of aliphatic hydroxyl groups is 6. The summed E-state index contributed by atoms with van der Waals surface area (Å²) in [6, 6.07) is 10.1. The van der Waals surface area contributed by atoms with E-state index in [0.717, 1.165) is 28.3 Å². The first-order valence-corrected chi connectivity index (χ1v) is 12.4. The zero-order chi connectivity index (χ0) is 29.9. The molecule has 15 nitrogen and oxygen atoms in total. The molecule has 0 atom stereocenters. The number of rotatable bonds is 11. The van der Waals surface area contributed by atoms with E-state index in [9.17, 15) is 40.5 Å². The van der Waals surface area contributed by atoms with Crippen molar-refractivity contribution in [2.75, 3.05) is 0 Å². The first-order valence-electron chi connectivity index (χ1n) is 12.0. The molecule has 0 aliphatic carbocycles. The maximum Gasteiger partial charge on any atom is 0.453 e. The normalized spacial score (nSPS) is 12.0. The van der Waals surface area contributed by atoms with Gasteiger partial charge in [0.25, 0.3) is 11.4 Å². The quantitative estimate of drug-likeness (QED) is 0.118. The van der Waals surface area contributed by atoms with Crippen molar-refractivity contribution in [1.82, 2.24) is 19.7 Å². The van der Waals surface area contributed by atoms with E-state index in [1.165, 1.54) is 0 Å². The van der Waals surface area contributed by atoms with Gasteiger partial charge in [-0.05, 0) is 36.2 Å². The SMILES string of the molecule is CCCCc1nc(=O)c(-c2nnc(Cc3ccc(Cl)cc3)o2)c(O)n1-c1c(OC(O)(O)O)cccc1OC(O)(O)O. The average molecular weight is 593 g/mol. The number of aryl methyl sites for hydroxylation is 1. The monoisotopic (exact) mass is 592 g/mol. The van der Waals surface area contributed by atoms with Crippen LogP contribution >= 0.6 is 11.6 Å². The maximum atomic E-state index is 13.1. The lowest BCUT2D eigenvalue weighted by Gasteiger charge is -2.25. The molecule has 0 aliphatic heterocycles. The van der Waals surface area contributed by atoms with Gasteiger partial charge in [0, 0.05) is 11.4 Å². The molecule has 218 valence electrons. The van der Waals surface area contributed by atoms with Crippen LogP contribution in [0.5, 0.6) is 17.4 Å². The number of benzene rings is 2. The summed E-state index contributed by atoms with van der Waals surface area (Å²) in [7, 11) is 0. The molecule has 7 N–H and O–H groups in total. The van der Waals surface area contributed by atoms with Crippen molar-refractivity contribution in [1.29, 1.82) is 0 Å². The van der Waals surface area contributed by atoms with Crippen molar-refractivity contribution in [3.63, 3.8) is 0 Å². The van der Waals surface area contributed by atoms with Gasteiger partial charge in [-0.15, -0.1) is 10.2 Å². The Morgan fingerprint density at radius 1 is 0.951 bits per heavy atom. The molecule has 0 bridgehead atoms. The average Bonchev–Trinajstić information content (AvgIpc) is 3.31. The van der Waals surface area contributed by atoms with Crippen LogP contribution in [0.1, 0.15) is 37.0 Å². The summed E-state index contributed by atoms with van der Waals surface area (Å²) in [4.78, 5) is 17.1. The van der Waals surface area contributed by atoms with E-state index in [1.807, 2.05) is 6.92 Å². The number of ether oxygens (including phenoxy) is 2. The molecule has 4 rings (SSSR count). The fraction of sp³-hybridized carbons (Fsp3) is 0.280. The molecular formula is C25H25ClN4O11. The van der Waals surface area contributed by atoms with Crippen LogP contribution in [0.25, 0.3) is 17.1 Å². The lowest BCUT2D eigenvalue weighted by molar-refractivity contribution is -0.420. The molecule has 2 aromatic heterocycles. The van der Waals surface area contributed by atoms with Gasteiger partial charge in [-0.3, -0.25) is 9.36 Å². The van der Waals surface area contributed by atoms with Crippen LogP contribution in [0, 0.1) is 0 Å². The van der Waals surface area contributed by atoms with Crippen molar-refractivity contribution < 1.29 is 49.6 Å². The zero-order valence-electron chi connectivity index (χ0n) is 21.3. The Kier molecular flexibility index (Phi) is 8.60. The molecule has 2 heterocycles. The van der Waals surface area contributed by atoms with Gasteiger partial charge in [-0.2, -0.15) is 4.98 Å². The third-order valence-corrected chi connectivity index (χ3v) is 5.77. The smallest absolute Gasteiger partial charge is 0.453 e. The third-order valence-electron chi connectivity index (χ3n) is 5.52. The molecular weight excluding hydrogens is 568 g/mol. The van der Waals surface area contributed by atoms with Crippen molar-refractivity contribution in [2.24, 2.45) is 0 Å². The van der Waals surface area contributed by atoms with Crippen LogP contribution in [0.3, 0.4) is 0 Å². The van der Waals surface area contributed by atoms with E-state index in [-0.39, 0.29) is 24.6 Å². The Morgan fingerprint density at radius 2 is 1.56 bits per heavy atom. The summed E-state index contributed by atoms with van der Waals surface area (Å²) in [5.41, 5.74) is -1.32. The van der Waals surface area contributed by atoms with Crippen molar-refractivity contribution in [3.05, 3.63) is 75.1 Å². The number of aromatic nitrogens is 4. The number of nitrogens with zero attached hydrogens (tertiary/aromatic N) is 4. The van der Waals surface area contributed by atoms with Gasteiger partial charge in [0.1, 0.15) is 11.5 Å². The van der Waals surface area contributed by atoms with Gasteiger partial charge in [0.2, 0.25) is 11.8 Å². The summed E-state index contributed by atoms with van der Waals surface area (Å²) in [5.74, 6) is -2.61. The first-order chi connectivity index (χ1) is 19.3. The van der Waals surface area contributed by atoms with Crippen LogP contribution in [0.2, 0.25) is 5.02 Å². The van der Waals surface area contributed by atoms with Gasteiger partial charge in [-0.25, -0.2) is 0 Å². The lowest BCUT2D eigenvalue weighted by atomic mass is 10.1. The highest BCUT2D eigenvalue weighted by atomic mass is 35.5. The van der Waals surface area contributed by atoms with Gasteiger partial charge in [0.15, 0.2) is 17.1 Å². The minimum atomic E-state index is -3.75. The third kappa shape index (κ3) is 7.36. The highest BCUT2D eigenvalue weighted by Gasteiger charge is 2.32. The second kappa shape index (κ2) is 11.8. The van der Waals surface area contributed by atoms with E-state index in [1.54, 1.807) is 24.3 Å². The topological polar surface area (TPSA) is 234 Å². The van der Waals surface area contributed by atoms with E-state index in [4.69, 9.17) is 25.5 Å². The summed E-state index contributed by atoms with van der Waals surface area (Å²) >= 11 is 5.91. The summed E-state index contributed by atoms with van der Waals surface area (Å²) in [6.45, 7) is 1.85. The molecule has 0 amide bonds. The zero-order valence-corrected chi connectivity index (χ0v) is 22.1. The Balaban J connectivity index is 1.93. The second-order valence-electron chi connectivity index (χ2n) is 8.73. The van der Waals surface area contributed by atoms with Crippen LogP contribution in [-0.4, -0.2) is 67.8 Å². The Labute approximate surface area is 235 Å². The van der Waals surface area contributed by atoms with Gasteiger partial charge in [-0.1, -0.05) is 43.1 Å². The summed E-state index contributed by atoms with van der Waals surface area (Å²) in [6.07, 6.45) is -6.21. The first kappa shape index (κ1) is 29.9. The molecule has 16 heteroatoms. The highest BCUT2D eigenvalue weighted by molar-refractivity contribution is 6.30. The fourth-order valence-corrected chi connectivity index (χ4v) is 3.99. The highest BCUT2D eigenvalue weighted by Crippen LogP contribution is 2.40. The van der Waals surface area contributed by atoms with Crippen LogP contribution < -0.4 is 15.0 Å². The number of halogens is 1. The fourth-order valence-electron chi connectivity index (χ4n) is 3.86. The largest absolute Gasteiger partial charge is 0.493 e. The number of para-hydroxylation sites is 1. The van der Waals surface area contributed by atoms with Crippen molar-refractivity contribution in [2.45, 2.75) is 44.9 Å². The Hall–Kier alpha value is -4.09. The number of hydrogen-bond acceptors (Lipinski definition) is 14.